The smallest absolute Gasteiger partial charge is 0.0735 e. The van der Waals surface area contributed by atoms with Gasteiger partial charge in [-0.25, -0.2) is 0 Å². The van der Waals surface area contributed by atoms with Crippen LogP contribution in [-0.4, -0.2) is 0 Å². The van der Waals surface area contributed by atoms with Crippen molar-refractivity contribution < 1.29 is 0 Å². The van der Waals surface area contributed by atoms with Gasteiger partial charge < -0.3 is 5.73 Å². The van der Waals surface area contributed by atoms with Crippen molar-refractivity contribution in [2.75, 3.05) is 0 Å². The minimum Gasteiger partial charge on any atom is -0.316 e. The second-order valence-corrected chi connectivity index (χ2v) is 3.49. The van der Waals surface area contributed by atoms with Crippen LogP contribution in [-0.2, 0) is 0 Å². The first-order valence-electron chi connectivity index (χ1n) is 3.00. The second-order valence-electron chi connectivity index (χ2n) is 2.12. The minimum absolute atomic E-state index is 0.301. The molecule has 2 N–H and O–H groups in total. The summed E-state index contributed by atoms with van der Waals surface area (Å²) in [5, 5.41) is 0.739. The SMILES string of the molecule is NC(S)c1ccc(Cl)c(Cl)c1. The molecule has 0 aromatic heterocycles. The lowest BCUT2D eigenvalue weighted by Crippen LogP contribution is -2.01. The van der Waals surface area contributed by atoms with Crippen LogP contribution in [0.15, 0.2) is 18.2 Å². The third-order valence-corrected chi connectivity index (χ3v) is 2.32. The average molecular weight is 208 g/mol. The summed E-state index contributed by atoms with van der Waals surface area (Å²) in [5.74, 6) is 0. The third kappa shape index (κ3) is 2.27. The molecule has 0 fully saturated rings. The largest absolute Gasteiger partial charge is 0.316 e. The monoisotopic (exact) mass is 207 g/mol. The highest BCUT2D eigenvalue weighted by molar-refractivity contribution is 7.80. The van der Waals surface area contributed by atoms with Crippen LogP contribution in [0.2, 0.25) is 10.0 Å². The van der Waals surface area contributed by atoms with E-state index in [1.54, 1.807) is 18.2 Å². The quantitative estimate of drug-likeness (QED) is 0.538. The van der Waals surface area contributed by atoms with Crippen LogP contribution in [0.4, 0.5) is 0 Å². The van der Waals surface area contributed by atoms with Gasteiger partial charge in [0.25, 0.3) is 0 Å². The molecule has 0 spiro atoms. The molecule has 0 bridgehead atoms. The van der Waals surface area contributed by atoms with E-state index in [2.05, 4.69) is 12.6 Å². The molecule has 0 aliphatic heterocycles. The molecule has 0 radical (unpaired) electrons. The first kappa shape index (κ1) is 9.20. The molecule has 1 rings (SSSR count). The number of thiol groups is 1. The van der Waals surface area contributed by atoms with E-state index in [4.69, 9.17) is 28.9 Å². The highest BCUT2D eigenvalue weighted by Gasteiger charge is 2.02. The maximum atomic E-state index is 5.74. The Morgan fingerprint density at radius 2 is 1.91 bits per heavy atom. The van der Waals surface area contributed by atoms with E-state index in [1.807, 2.05) is 0 Å². The fourth-order valence-electron chi connectivity index (χ4n) is 0.696. The summed E-state index contributed by atoms with van der Waals surface area (Å²) < 4.78 is 0. The summed E-state index contributed by atoms with van der Waals surface area (Å²) >= 11 is 15.5. The van der Waals surface area contributed by atoms with E-state index in [9.17, 15) is 0 Å². The summed E-state index contributed by atoms with van der Waals surface area (Å²) in [6.45, 7) is 0. The fourth-order valence-corrected chi connectivity index (χ4v) is 1.16. The van der Waals surface area contributed by atoms with Crippen molar-refractivity contribution in [1.82, 2.24) is 0 Å². The van der Waals surface area contributed by atoms with Gasteiger partial charge in [-0.2, -0.15) is 12.6 Å². The van der Waals surface area contributed by atoms with Gasteiger partial charge in [0.1, 0.15) is 0 Å². The van der Waals surface area contributed by atoms with Gasteiger partial charge in [-0.3, -0.25) is 0 Å². The number of rotatable bonds is 1. The van der Waals surface area contributed by atoms with Gasteiger partial charge in [-0.15, -0.1) is 0 Å². The number of halogens is 2. The van der Waals surface area contributed by atoms with Gasteiger partial charge in [0.2, 0.25) is 0 Å². The zero-order valence-electron chi connectivity index (χ0n) is 5.59. The van der Waals surface area contributed by atoms with Crippen LogP contribution in [0.3, 0.4) is 0 Å². The molecule has 1 unspecified atom stereocenters. The molecule has 1 aromatic rings. The van der Waals surface area contributed by atoms with E-state index in [1.165, 1.54) is 0 Å². The van der Waals surface area contributed by atoms with Crippen LogP contribution >= 0.6 is 35.8 Å². The Bertz CT molecular complexity index is 263. The van der Waals surface area contributed by atoms with Crippen molar-refractivity contribution in [2.24, 2.45) is 5.73 Å². The Morgan fingerprint density at radius 1 is 1.27 bits per heavy atom. The van der Waals surface area contributed by atoms with Crippen molar-refractivity contribution in [2.45, 2.75) is 5.37 Å². The Kier molecular flexibility index (Phi) is 3.07. The number of benzene rings is 1. The van der Waals surface area contributed by atoms with Gasteiger partial charge in [0.05, 0.1) is 15.4 Å². The van der Waals surface area contributed by atoms with Crippen molar-refractivity contribution in [1.29, 1.82) is 0 Å². The standard InChI is InChI=1S/C7H7Cl2NS/c8-5-2-1-4(7(10)11)3-6(5)9/h1-3,7,11H,10H2. The van der Waals surface area contributed by atoms with Crippen LogP contribution in [0.25, 0.3) is 0 Å². The lowest BCUT2D eigenvalue weighted by molar-refractivity contribution is 1.04. The Hall–Kier alpha value is 0.110. The first-order valence-corrected chi connectivity index (χ1v) is 4.27. The third-order valence-electron chi connectivity index (χ3n) is 1.29. The van der Waals surface area contributed by atoms with E-state index < -0.39 is 0 Å². The highest BCUT2D eigenvalue weighted by atomic mass is 35.5. The predicted octanol–water partition coefficient (Wildman–Crippen LogP) is 2.88. The van der Waals surface area contributed by atoms with Gasteiger partial charge in [-0.05, 0) is 17.7 Å². The van der Waals surface area contributed by atoms with Crippen molar-refractivity contribution >= 4 is 35.8 Å². The molecule has 1 aromatic carbocycles. The molecule has 0 aliphatic carbocycles. The molecule has 0 saturated carbocycles. The Balaban J connectivity index is 3.05. The molecule has 4 heteroatoms. The number of hydrogen-bond acceptors (Lipinski definition) is 2. The number of nitrogens with two attached hydrogens (primary N) is 1. The molecule has 1 atom stereocenters. The van der Waals surface area contributed by atoms with E-state index in [-0.39, 0.29) is 5.37 Å². The summed E-state index contributed by atoms with van der Waals surface area (Å²) in [4.78, 5) is 0. The zero-order valence-corrected chi connectivity index (χ0v) is 8.00. The van der Waals surface area contributed by atoms with Gasteiger partial charge in [-0.1, -0.05) is 29.3 Å². The summed E-state index contributed by atoms with van der Waals surface area (Å²) in [7, 11) is 0. The van der Waals surface area contributed by atoms with Crippen LogP contribution in [0.1, 0.15) is 10.9 Å². The topological polar surface area (TPSA) is 26.0 Å². The van der Waals surface area contributed by atoms with Crippen molar-refractivity contribution in [3.63, 3.8) is 0 Å². The summed E-state index contributed by atoms with van der Waals surface area (Å²) in [6.07, 6.45) is 0. The predicted molar refractivity (Wildman–Crippen MR) is 52.4 cm³/mol. The van der Waals surface area contributed by atoms with Gasteiger partial charge in [0, 0.05) is 0 Å². The number of hydrogen-bond donors (Lipinski definition) is 2. The van der Waals surface area contributed by atoms with Crippen LogP contribution < -0.4 is 5.73 Å². The van der Waals surface area contributed by atoms with Gasteiger partial charge in [0.15, 0.2) is 0 Å². The summed E-state index contributed by atoms with van der Waals surface area (Å²) in [5.41, 5.74) is 6.36. The van der Waals surface area contributed by atoms with Crippen LogP contribution in [0, 0.1) is 0 Å². The average Bonchev–Trinajstić information content (AvgIpc) is 1.94. The molecule has 0 heterocycles. The Morgan fingerprint density at radius 3 is 2.36 bits per heavy atom. The minimum atomic E-state index is -0.301. The highest BCUT2D eigenvalue weighted by Crippen LogP contribution is 2.25. The molecule has 60 valence electrons. The van der Waals surface area contributed by atoms with Crippen LogP contribution in [0.5, 0.6) is 0 Å². The Labute approximate surface area is 80.9 Å². The molecular formula is C7H7Cl2NS. The van der Waals surface area contributed by atoms with E-state index in [0.29, 0.717) is 10.0 Å². The normalized spacial score (nSPS) is 13.1. The van der Waals surface area contributed by atoms with Crippen molar-refractivity contribution in [3.8, 4) is 0 Å². The second kappa shape index (κ2) is 3.68. The lowest BCUT2D eigenvalue weighted by Gasteiger charge is -2.04. The molecule has 0 aliphatic rings. The lowest BCUT2D eigenvalue weighted by atomic mass is 10.2. The molecule has 11 heavy (non-hydrogen) atoms. The molecule has 0 amide bonds. The first-order chi connectivity index (χ1) is 5.11. The fraction of sp³-hybridized carbons (Fsp3) is 0.143. The van der Waals surface area contributed by atoms with Gasteiger partial charge >= 0.3 is 0 Å². The van der Waals surface area contributed by atoms with E-state index >= 15 is 0 Å². The van der Waals surface area contributed by atoms with E-state index in [0.717, 1.165) is 5.56 Å². The molecular weight excluding hydrogens is 201 g/mol. The maximum Gasteiger partial charge on any atom is 0.0735 e. The zero-order chi connectivity index (χ0) is 8.43. The summed E-state index contributed by atoms with van der Waals surface area (Å²) in [6, 6.07) is 5.21. The molecule has 0 saturated heterocycles. The molecule has 1 nitrogen and oxygen atoms in total. The maximum absolute atomic E-state index is 5.74. The van der Waals surface area contributed by atoms with Crippen molar-refractivity contribution in [3.05, 3.63) is 33.8 Å².